The van der Waals surface area contributed by atoms with Crippen LogP contribution in [0.3, 0.4) is 0 Å². The molecule has 0 radical (unpaired) electrons. The predicted octanol–water partition coefficient (Wildman–Crippen LogP) is 5.73. The maximum absolute atomic E-state index is 14.0. The van der Waals surface area contributed by atoms with Crippen LogP contribution in [-0.2, 0) is 0 Å². The molecule has 0 aromatic heterocycles. The van der Waals surface area contributed by atoms with Crippen molar-refractivity contribution in [3.8, 4) is 0 Å². The lowest BCUT2D eigenvalue weighted by Gasteiger charge is -2.33. The van der Waals surface area contributed by atoms with E-state index in [1.54, 1.807) is 0 Å². The van der Waals surface area contributed by atoms with E-state index in [1.807, 2.05) is 18.2 Å². The molecule has 0 heterocycles. The van der Waals surface area contributed by atoms with Crippen molar-refractivity contribution in [3.63, 3.8) is 0 Å². The summed E-state index contributed by atoms with van der Waals surface area (Å²) in [6, 6.07) is 16.1. The number of halogens is 2. The van der Waals surface area contributed by atoms with Gasteiger partial charge in [-0.1, -0.05) is 59.1 Å². The fourth-order valence-electron chi connectivity index (χ4n) is 3.21. The molecule has 3 rings (SSSR count). The van der Waals surface area contributed by atoms with E-state index in [9.17, 15) is 4.39 Å². The lowest BCUT2D eigenvalue weighted by atomic mass is 9.80. The maximum Gasteiger partial charge on any atom is 0.147 e. The van der Waals surface area contributed by atoms with Gasteiger partial charge in [-0.05, 0) is 36.6 Å². The molecule has 0 spiro atoms. The molecule has 2 unspecified atom stereocenters. The second-order valence-electron chi connectivity index (χ2n) is 5.68. The molecule has 2 aromatic rings. The van der Waals surface area contributed by atoms with Gasteiger partial charge in [-0.25, -0.2) is 4.39 Å². The fourth-order valence-corrected chi connectivity index (χ4v) is 3.54. The minimum absolute atomic E-state index is 0.193. The van der Waals surface area contributed by atoms with Crippen LogP contribution in [0, 0.1) is 5.82 Å². The van der Waals surface area contributed by atoms with Crippen LogP contribution in [0.1, 0.15) is 37.2 Å². The Balaban J connectivity index is 1.81. The highest BCUT2D eigenvalue weighted by atomic mass is 79.9. The summed E-state index contributed by atoms with van der Waals surface area (Å²) in [6.45, 7) is 0. The van der Waals surface area contributed by atoms with Crippen molar-refractivity contribution in [2.45, 2.75) is 37.6 Å². The van der Waals surface area contributed by atoms with Gasteiger partial charge in [0.2, 0.25) is 0 Å². The molecular formula is C18H19BrFN. The molecule has 1 saturated carbocycles. The molecule has 1 aliphatic rings. The highest BCUT2D eigenvalue weighted by molar-refractivity contribution is 9.10. The zero-order valence-corrected chi connectivity index (χ0v) is 13.4. The Hall–Kier alpha value is -1.35. The molecule has 2 atom stereocenters. The summed E-state index contributed by atoms with van der Waals surface area (Å²) >= 11 is 3.30. The van der Waals surface area contributed by atoms with Crippen molar-refractivity contribution in [1.82, 2.24) is 0 Å². The first-order valence-corrected chi connectivity index (χ1v) is 8.30. The predicted molar refractivity (Wildman–Crippen MR) is 89.2 cm³/mol. The monoisotopic (exact) mass is 347 g/mol. The Morgan fingerprint density at radius 3 is 2.52 bits per heavy atom. The number of rotatable bonds is 3. The molecule has 2 aromatic carbocycles. The summed E-state index contributed by atoms with van der Waals surface area (Å²) in [5, 5.41) is 3.43. The van der Waals surface area contributed by atoms with E-state index in [-0.39, 0.29) is 5.82 Å². The van der Waals surface area contributed by atoms with E-state index in [2.05, 4.69) is 45.5 Å². The molecule has 1 nitrogen and oxygen atoms in total. The second kappa shape index (κ2) is 6.61. The third kappa shape index (κ3) is 3.46. The number of anilines is 1. The Morgan fingerprint density at radius 1 is 1.00 bits per heavy atom. The normalized spacial score (nSPS) is 22.0. The summed E-state index contributed by atoms with van der Waals surface area (Å²) in [6.07, 6.45) is 4.72. The highest BCUT2D eigenvalue weighted by Gasteiger charge is 2.26. The summed E-state index contributed by atoms with van der Waals surface area (Å²) in [7, 11) is 0. The summed E-state index contributed by atoms with van der Waals surface area (Å²) in [5.74, 6) is 0.268. The lowest BCUT2D eigenvalue weighted by molar-refractivity contribution is 0.404. The minimum atomic E-state index is -0.193. The Kier molecular flexibility index (Phi) is 4.59. The van der Waals surface area contributed by atoms with E-state index in [4.69, 9.17) is 0 Å². The van der Waals surface area contributed by atoms with Crippen LogP contribution in [0.25, 0.3) is 0 Å². The molecular weight excluding hydrogens is 329 g/mol. The molecule has 1 aliphatic carbocycles. The fraction of sp³-hybridized carbons (Fsp3) is 0.333. The highest BCUT2D eigenvalue weighted by Crippen LogP contribution is 2.35. The van der Waals surface area contributed by atoms with Gasteiger partial charge in [-0.15, -0.1) is 0 Å². The lowest BCUT2D eigenvalue weighted by Crippen LogP contribution is -2.31. The SMILES string of the molecule is Fc1cc(Br)ccc1NC1CCCCC1c1ccccc1. The van der Waals surface area contributed by atoms with Crippen LogP contribution in [0.4, 0.5) is 10.1 Å². The summed E-state index contributed by atoms with van der Waals surface area (Å²) < 4.78 is 14.8. The number of hydrogen-bond acceptors (Lipinski definition) is 1. The first kappa shape index (κ1) is 14.6. The average Bonchev–Trinajstić information content (AvgIpc) is 2.51. The standard InChI is InChI=1S/C18H19BrFN/c19-14-10-11-18(16(20)12-14)21-17-9-5-4-8-15(17)13-6-2-1-3-7-13/h1-3,6-7,10-12,15,17,21H,4-5,8-9H2. The number of benzene rings is 2. The zero-order valence-electron chi connectivity index (χ0n) is 11.9. The maximum atomic E-state index is 14.0. The Morgan fingerprint density at radius 2 is 1.76 bits per heavy atom. The molecule has 0 amide bonds. The average molecular weight is 348 g/mol. The van der Waals surface area contributed by atoms with Crippen molar-refractivity contribution in [1.29, 1.82) is 0 Å². The van der Waals surface area contributed by atoms with Gasteiger partial charge in [0.1, 0.15) is 5.82 Å². The zero-order chi connectivity index (χ0) is 14.7. The first-order valence-electron chi connectivity index (χ1n) is 7.50. The molecule has 0 saturated heterocycles. The summed E-state index contributed by atoms with van der Waals surface area (Å²) in [5.41, 5.74) is 1.96. The largest absolute Gasteiger partial charge is 0.379 e. The van der Waals surface area contributed by atoms with E-state index in [1.165, 1.54) is 30.9 Å². The van der Waals surface area contributed by atoms with Gasteiger partial charge < -0.3 is 5.32 Å². The van der Waals surface area contributed by atoms with Crippen molar-refractivity contribution in [2.24, 2.45) is 0 Å². The quantitative estimate of drug-likeness (QED) is 0.747. The summed E-state index contributed by atoms with van der Waals surface area (Å²) in [4.78, 5) is 0. The topological polar surface area (TPSA) is 12.0 Å². The van der Waals surface area contributed by atoms with Gasteiger partial charge >= 0.3 is 0 Å². The van der Waals surface area contributed by atoms with Gasteiger partial charge in [-0.3, -0.25) is 0 Å². The van der Waals surface area contributed by atoms with Crippen molar-refractivity contribution in [3.05, 3.63) is 64.4 Å². The number of nitrogens with one attached hydrogen (secondary N) is 1. The van der Waals surface area contributed by atoms with Crippen molar-refractivity contribution < 1.29 is 4.39 Å². The van der Waals surface area contributed by atoms with Crippen LogP contribution < -0.4 is 5.32 Å². The molecule has 110 valence electrons. The van der Waals surface area contributed by atoms with Crippen molar-refractivity contribution in [2.75, 3.05) is 5.32 Å². The third-order valence-electron chi connectivity index (χ3n) is 4.27. The molecule has 3 heteroatoms. The second-order valence-corrected chi connectivity index (χ2v) is 6.59. The minimum Gasteiger partial charge on any atom is -0.379 e. The molecule has 0 bridgehead atoms. The van der Waals surface area contributed by atoms with Gasteiger partial charge in [0.15, 0.2) is 0 Å². The van der Waals surface area contributed by atoms with Crippen LogP contribution in [-0.4, -0.2) is 6.04 Å². The van der Waals surface area contributed by atoms with Gasteiger partial charge in [-0.2, -0.15) is 0 Å². The molecule has 1 fully saturated rings. The van der Waals surface area contributed by atoms with Crippen LogP contribution in [0.2, 0.25) is 0 Å². The van der Waals surface area contributed by atoms with Gasteiger partial charge in [0, 0.05) is 16.4 Å². The van der Waals surface area contributed by atoms with Crippen molar-refractivity contribution >= 4 is 21.6 Å². The first-order chi connectivity index (χ1) is 10.2. The number of hydrogen-bond donors (Lipinski definition) is 1. The molecule has 1 N–H and O–H groups in total. The third-order valence-corrected chi connectivity index (χ3v) is 4.76. The van der Waals surface area contributed by atoms with E-state index in [0.29, 0.717) is 17.6 Å². The molecule has 21 heavy (non-hydrogen) atoms. The van der Waals surface area contributed by atoms with E-state index >= 15 is 0 Å². The Labute approximate surface area is 133 Å². The van der Waals surface area contributed by atoms with Gasteiger partial charge in [0.05, 0.1) is 5.69 Å². The van der Waals surface area contributed by atoms with E-state index in [0.717, 1.165) is 10.9 Å². The molecule has 0 aliphatic heterocycles. The van der Waals surface area contributed by atoms with E-state index < -0.39 is 0 Å². The Bertz CT molecular complexity index is 599. The van der Waals surface area contributed by atoms with Gasteiger partial charge in [0.25, 0.3) is 0 Å². The smallest absolute Gasteiger partial charge is 0.147 e. The van der Waals surface area contributed by atoms with Crippen LogP contribution in [0.15, 0.2) is 53.0 Å². The van der Waals surface area contributed by atoms with Crippen LogP contribution >= 0.6 is 15.9 Å². The van der Waals surface area contributed by atoms with Crippen LogP contribution in [0.5, 0.6) is 0 Å².